The molecule has 0 aliphatic rings. The lowest BCUT2D eigenvalue weighted by Crippen LogP contribution is -2.13. The molecule has 2 aromatic heterocycles. The van der Waals surface area contributed by atoms with Crippen LogP contribution in [-0.4, -0.2) is 55.3 Å². The van der Waals surface area contributed by atoms with Gasteiger partial charge in [0.2, 0.25) is 0 Å². The number of aryl methyl sites for hydroxylation is 2. The van der Waals surface area contributed by atoms with Gasteiger partial charge in [-0.25, -0.2) is 29.5 Å². The van der Waals surface area contributed by atoms with Crippen LogP contribution in [0.5, 0.6) is 11.5 Å². The molecule has 0 bridgehead atoms. The Labute approximate surface area is 209 Å². The summed E-state index contributed by atoms with van der Waals surface area (Å²) in [5.74, 6) is -0.979. The Morgan fingerprint density at radius 1 is 0.667 bits per heavy atom. The molecule has 10 heteroatoms. The highest BCUT2D eigenvalue weighted by atomic mass is 16.5. The molecular formula is C26H30N4O6. The zero-order chi connectivity index (χ0) is 25.6. The van der Waals surface area contributed by atoms with Gasteiger partial charge in [0, 0.05) is 37.6 Å². The van der Waals surface area contributed by atoms with Crippen LogP contribution in [0.3, 0.4) is 0 Å². The first-order valence-corrected chi connectivity index (χ1v) is 12.0. The van der Waals surface area contributed by atoms with E-state index in [1.54, 1.807) is 36.9 Å². The van der Waals surface area contributed by atoms with Crippen molar-refractivity contribution in [2.24, 2.45) is 0 Å². The topological polar surface area (TPSA) is 145 Å². The molecule has 2 heterocycles. The molecule has 0 atom stereocenters. The summed E-state index contributed by atoms with van der Waals surface area (Å²) in [5, 5.41) is 19.2. The maximum absolute atomic E-state index is 11.9. The summed E-state index contributed by atoms with van der Waals surface area (Å²) in [6.45, 7) is 0.570. The lowest BCUT2D eigenvalue weighted by Gasteiger charge is -2.16. The first kappa shape index (κ1) is 26.5. The van der Waals surface area contributed by atoms with Gasteiger partial charge in [-0.1, -0.05) is 0 Å². The van der Waals surface area contributed by atoms with Gasteiger partial charge in [-0.15, -0.1) is 0 Å². The van der Waals surface area contributed by atoms with Crippen molar-refractivity contribution in [3.8, 4) is 11.5 Å². The zero-order valence-corrected chi connectivity index (χ0v) is 20.0. The van der Waals surface area contributed by atoms with E-state index < -0.39 is 17.5 Å². The zero-order valence-electron chi connectivity index (χ0n) is 20.0. The third kappa shape index (κ3) is 8.30. The Morgan fingerprint density at radius 2 is 1.19 bits per heavy atom. The molecule has 0 aliphatic heterocycles. The van der Waals surface area contributed by atoms with Gasteiger partial charge < -0.3 is 19.7 Å². The molecular weight excluding hydrogens is 464 g/mol. The molecule has 10 nitrogen and oxygen atoms in total. The number of carbonyl (C=O) groups is 2. The van der Waals surface area contributed by atoms with E-state index in [0.717, 1.165) is 56.6 Å². The molecule has 3 rings (SSSR count). The van der Waals surface area contributed by atoms with Gasteiger partial charge in [0.25, 0.3) is 0 Å². The molecule has 0 saturated carbocycles. The fraction of sp³-hybridized carbons (Fsp3) is 0.385. The third-order valence-corrected chi connectivity index (χ3v) is 5.40. The summed E-state index contributed by atoms with van der Waals surface area (Å²) in [6, 6.07) is 6.23. The monoisotopic (exact) mass is 494 g/mol. The highest BCUT2D eigenvalue weighted by molar-refractivity contribution is 6.04. The standard InChI is InChI=1S/C26H30N4O6/c31-25(32)19-11-12-20(35-17-5-1-3-9-21-27-13-7-14-28-21)24(23(19)26(33)34)36-18-6-2-4-10-22-29-15-8-16-30-22/h7-8,11-16H,1-6,9-10,17-18H2,(H,31,32)(H,33,34). The normalized spacial score (nSPS) is 10.7. The predicted molar refractivity (Wildman–Crippen MR) is 131 cm³/mol. The van der Waals surface area contributed by atoms with Crippen molar-refractivity contribution in [1.82, 2.24) is 19.9 Å². The van der Waals surface area contributed by atoms with Gasteiger partial charge in [0.05, 0.1) is 18.8 Å². The van der Waals surface area contributed by atoms with Crippen molar-refractivity contribution in [3.63, 3.8) is 0 Å². The van der Waals surface area contributed by atoms with Crippen LogP contribution in [0.4, 0.5) is 0 Å². The van der Waals surface area contributed by atoms with Gasteiger partial charge in [0.1, 0.15) is 17.2 Å². The molecule has 0 aliphatic carbocycles. The van der Waals surface area contributed by atoms with Crippen molar-refractivity contribution >= 4 is 11.9 Å². The van der Waals surface area contributed by atoms with E-state index in [1.807, 2.05) is 0 Å². The van der Waals surface area contributed by atoms with E-state index >= 15 is 0 Å². The smallest absolute Gasteiger partial charge is 0.340 e. The molecule has 36 heavy (non-hydrogen) atoms. The number of carboxylic acid groups (broad SMARTS) is 2. The Kier molecular flexibility index (Phi) is 10.6. The van der Waals surface area contributed by atoms with Crippen LogP contribution in [0.2, 0.25) is 0 Å². The van der Waals surface area contributed by atoms with Gasteiger partial charge >= 0.3 is 11.9 Å². The number of benzene rings is 1. The van der Waals surface area contributed by atoms with Crippen LogP contribution in [0.1, 0.15) is 70.9 Å². The van der Waals surface area contributed by atoms with E-state index in [-0.39, 0.29) is 23.7 Å². The van der Waals surface area contributed by atoms with Crippen LogP contribution < -0.4 is 9.47 Å². The van der Waals surface area contributed by atoms with Gasteiger partial charge in [0.15, 0.2) is 11.5 Å². The molecule has 3 aromatic rings. The number of carboxylic acids is 2. The first-order chi connectivity index (χ1) is 17.6. The van der Waals surface area contributed by atoms with Crippen molar-refractivity contribution in [2.45, 2.75) is 51.4 Å². The first-order valence-electron chi connectivity index (χ1n) is 12.0. The summed E-state index contributed by atoms with van der Waals surface area (Å²) in [6.07, 6.45) is 13.2. The molecule has 0 spiro atoms. The Bertz CT molecular complexity index is 1110. The SMILES string of the molecule is O=C(O)c1ccc(OCCCCCc2ncccn2)c(OCCCCCc2ncccn2)c1C(=O)O. The van der Waals surface area contributed by atoms with Crippen LogP contribution in [0, 0.1) is 0 Å². The van der Waals surface area contributed by atoms with Crippen molar-refractivity contribution in [3.05, 3.63) is 71.8 Å². The lowest BCUT2D eigenvalue weighted by molar-refractivity contribution is 0.0646. The Hall–Kier alpha value is -4.08. The maximum atomic E-state index is 11.9. The molecule has 0 saturated heterocycles. The highest BCUT2D eigenvalue weighted by Crippen LogP contribution is 2.34. The van der Waals surface area contributed by atoms with Gasteiger partial charge in [-0.2, -0.15) is 0 Å². The Balaban J connectivity index is 1.53. The third-order valence-electron chi connectivity index (χ3n) is 5.40. The largest absolute Gasteiger partial charge is 0.490 e. The van der Waals surface area contributed by atoms with Crippen molar-refractivity contribution in [2.75, 3.05) is 13.2 Å². The second-order valence-corrected chi connectivity index (χ2v) is 8.07. The fourth-order valence-corrected chi connectivity index (χ4v) is 3.61. The second kappa shape index (κ2) is 14.3. The van der Waals surface area contributed by atoms with Crippen LogP contribution in [0.15, 0.2) is 49.1 Å². The summed E-state index contributed by atoms with van der Waals surface area (Å²) >= 11 is 0. The number of nitrogens with zero attached hydrogens (tertiary/aromatic N) is 4. The minimum atomic E-state index is -1.38. The molecule has 0 fully saturated rings. The lowest BCUT2D eigenvalue weighted by atomic mass is 10.1. The highest BCUT2D eigenvalue weighted by Gasteiger charge is 2.25. The number of hydrogen-bond acceptors (Lipinski definition) is 8. The van der Waals surface area contributed by atoms with Crippen molar-refractivity contribution < 1.29 is 29.3 Å². The quantitative estimate of drug-likeness (QED) is 0.277. The van der Waals surface area contributed by atoms with Gasteiger partial charge in [-0.05, 0) is 62.8 Å². The molecule has 0 radical (unpaired) electrons. The van der Waals surface area contributed by atoms with Crippen LogP contribution in [0.25, 0.3) is 0 Å². The molecule has 2 N–H and O–H groups in total. The number of aromatic nitrogens is 4. The number of rotatable bonds is 16. The minimum absolute atomic E-state index is 0.0496. The number of aromatic carboxylic acids is 2. The predicted octanol–water partition coefficient (Wildman–Crippen LogP) is 4.25. The second-order valence-electron chi connectivity index (χ2n) is 8.07. The minimum Gasteiger partial charge on any atom is -0.490 e. The van der Waals surface area contributed by atoms with E-state index in [4.69, 9.17) is 9.47 Å². The Morgan fingerprint density at radius 3 is 1.69 bits per heavy atom. The fourth-order valence-electron chi connectivity index (χ4n) is 3.61. The summed E-state index contributed by atoms with van der Waals surface area (Å²) < 4.78 is 11.6. The summed E-state index contributed by atoms with van der Waals surface area (Å²) in [4.78, 5) is 40.3. The van der Waals surface area contributed by atoms with Crippen molar-refractivity contribution in [1.29, 1.82) is 0 Å². The van der Waals surface area contributed by atoms with Gasteiger partial charge in [-0.3, -0.25) is 0 Å². The molecule has 0 amide bonds. The van der Waals surface area contributed by atoms with E-state index in [1.165, 1.54) is 12.1 Å². The van der Waals surface area contributed by atoms with E-state index in [9.17, 15) is 19.8 Å². The average molecular weight is 495 g/mol. The number of hydrogen-bond donors (Lipinski definition) is 2. The number of unbranched alkanes of at least 4 members (excludes halogenated alkanes) is 4. The summed E-state index contributed by atoms with van der Waals surface area (Å²) in [7, 11) is 0. The molecule has 1 aromatic carbocycles. The summed E-state index contributed by atoms with van der Waals surface area (Å²) in [5.41, 5.74) is -0.743. The average Bonchev–Trinajstić information content (AvgIpc) is 2.89. The van der Waals surface area contributed by atoms with E-state index in [0.29, 0.717) is 13.0 Å². The van der Waals surface area contributed by atoms with Crippen LogP contribution in [-0.2, 0) is 12.8 Å². The molecule has 0 unspecified atom stereocenters. The van der Waals surface area contributed by atoms with Crippen LogP contribution >= 0.6 is 0 Å². The number of ether oxygens (including phenoxy) is 2. The maximum Gasteiger partial charge on any atom is 0.340 e. The van der Waals surface area contributed by atoms with E-state index in [2.05, 4.69) is 19.9 Å². The molecule has 190 valence electrons.